The second kappa shape index (κ2) is 8.45. The van der Waals surface area contributed by atoms with E-state index >= 15 is 0 Å². The molecule has 3 aromatic heterocycles. The van der Waals surface area contributed by atoms with Gasteiger partial charge in [0.05, 0.1) is 30.1 Å². The van der Waals surface area contributed by atoms with Gasteiger partial charge in [-0.15, -0.1) is 0 Å². The normalized spacial score (nSPS) is 15.3. The SMILES string of the molecule is N#Cc1cnn2cc(OC[C@@H](O)CO)cc(-c3ccc(N4CCNCC4)nc3)c12. The third kappa shape index (κ3) is 4.00. The fourth-order valence-electron chi connectivity index (χ4n) is 3.35. The third-order valence-corrected chi connectivity index (χ3v) is 4.86. The van der Waals surface area contributed by atoms with Crippen LogP contribution in [-0.4, -0.2) is 70.3 Å². The van der Waals surface area contributed by atoms with Gasteiger partial charge in [0.1, 0.15) is 30.3 Å². The van der Waals surface area contributed by atoms with Crippen molar-refractivity contribution >= 4 is 11.3 Å². The molecule has 0 aliphatic carbocycles. The molecule has 3 aromatic rings. The first-order valence-electron chi connectivity index (χ1n) is 9.45. The number of rotatable bonds is 6. The monoisotopic (exact) mass is 394 g/mol. The molecular weight excluding hydrogens is 372 g/mol. The van der Waals surface area contributed by atoms with E-state index in [2.05, 4.69) is 26.4 Å². The summed E-state index contributed by atoms with van der Waals surface area (Å²) in [6.45, 7) is 3.26. The molecule has 1 aliphatic heterocycles. The molecule has 3 N–H and O–H groups in total. The van der Waals surface area contributed by atoms with Gasteiger partial charge >= 0.3 is 0 Å². The number of aromatic nitrogens is 3. The second-order valence-electron chi connectivity index (χ2n) is 6.84. The summed E-state index contributed by atoms with van der Waals surface area (Å²) in [5.74, 6) is 1.39. The van der Waals surface area contributed by atoms with Gasteiger partial charge in [0.2, 0.25) is 0 Å². The van der Waals surface area contributed by atoms with Gasteiger partial charge in [0, 0.05) is 43.5 Å². The van der Waals surface area contributed by atoms with E-state index in [1.54, 1.807) is 23.0 Å². The summed E-state index contributed by atoms with van der Waals surface area (Å²) in [6, 6.07) is 7.91. The minimum absolute atomic E-state index is 0.0476. The number of fused-ring (bicyclic) bond motifs is 1. The van der Waals surface area contributed by atoms with E-state index in [0.717, 1.165) is 43.1 Å². The van der Waals surface area contributed by atoms with Crippen LogP contribution in [0.1, 0.15) is 5.56 Å². The van der Waals surface area contributed by atoms with Gasteiger partial charge in [0.15, 0.2) is 0 Å². The lowest BCUT2D eigenvalue weighted by Crippen LogP contribution is -2.43. The highest BCUT2D eigenvalue weighted by Gasteiger charge is 2.16. The van der Waals surface area contributed by atoms with Crippen molar-refractivity contribution in [1.82, 2.24) is 19.9 Å². The van der Waals surface area contributed by atoms with Crippen molar-refractivity contribution in [3.05, 3.63) is 42.4 Å². The molecule has 0 bridgehead atoms. The topological polar surface area (TPSA) is 119 Å². The Bertz CT molecular complexity index is 1020. The molecule has 0 saturated carbocycles. The number of nitriles is 1. The molecule has 1 fully saturated rings. The molecular formula is C20H22N6O3. The Balaban J connectivity index is 1.70. The zero-order valence-corrected chi connectivity index (χ0v) is 15.8. The fourth-order valence-corrected chi connectivity index (χ4v) is 3.35. The van der Waals surface area contributed by atoms with Crippen molar-refractivity contribution in [2.75, 3.05) is 44.3 Å². The maximum absolute atomic E-state index is 9.56. The van der Waals surface area contributed by atoms with Gasteiger partial charge in [-0.3, -0.25) is 0 Å². The lowest BCUT2D eigenvalue weighted by molar-refractivity contribution is 0.0534. The van der Waals surface area contributed by atoms with Crippen molar-refractivity contribution in [3.63, 3.8) is 0 Å². The Morgan fingerprint density at radius 1 is 1.28 bits per heavy atom. The number of anilines is 1. The van der Waals surface area contributed by atoms with Gasteiger partial charge < -0.3 is 25.2 Å². The number of ether oxygens (including phenoxy) is 1. The van der Waals surface area contributed by atoms with Crippen LogP contribution in [-0.2, 0) is 0 Å². The number of pyridine rings is 2. The molecule has 0 spiro atoms. The number of hydrogen-bond donors (Lipinski definition) is 3. The van der Waals surface area contributed by atoms with E-state index in [-0.39, 0.29) is 13.2 Å². The first-order valence-corrected chi connectivity index (χ1v) is 9.45. The molecule has 1 saturated heterocycles. The average Bonchev–Trinajstić information content (AvgIpc) is 3.20. The third-order valence-electron chi connectivity index (χ3n) is 4.86. The maximum Gasteiger partial charge on any atom is 0.138 e. The Kier molecular flexibility index (Phi) is 5.57. The maximum atomic E-state index is 9.56. The van der Waals surface area contributed by atoms with Crippen molar-refractivity contribution in [2.24, 2.45) is 0 Å². The van der Waals surface area contributed by atoms with Crippen LogP contribution >= 0.6 is 0 Å². The average molecular weight is 394 g/mol. The van der Waals surface area contributed by atoms with Crippen molar-refractivity contribution in [2.45, 2.75) is 6.10 Å². The minimum Gasteiger partial charge on any atom is -0.489 e. The van der Waals surface area contributed by atoms with Gasteiger partial charge in [0.25, 0.3) is 0 Å². The highest BCUT2D eigenvalue weighted by atomic mass is 16.5. The van der Waals surface area contributed by atoms with Crippen LogP contribution in [0, 0.1) is 11.3 Å². The molecule has 29 heavy (non-hydrogen) atoms. The number of aliphatic hydroxyl groups excluding tert-OH is 2. The van der Waals surface area contributed by atoms with Gasteiger partial charge in [-0.05, 0) is 18.2 Å². The van der Waals surface area contributed by atoms with E-state index in [1.807, 2.05) is 12.1 Å². The molecule has 0 radical (unpaired) electrons. The fraction of sp³-hybridized carbons (Fsp3) is 0.350. The first kappa shape index (κ1) is 19.1. The lowest BCUT2D eigenvalue weighted by atomic mass is 10.1. The van der Waals surface area contributed by atoms with Crippen LogP contribution in [0.2, 0.25) is 0 Å². The highest BCUT2D eigenvalue weighted by Crippen LogP contribution is 2.31. The summed E-state index contributed by atoms with van der Waals surface area (Å²) in [5.41, 5.74) is 2.71. The van der Waals surface area contributed by atoms with Gasteiger partial charge in [-0.1, -0.05) is 0 Å². The standard InChI is InChI=1S/C20H22N6O3/c21-8-15-10-24-26-11-17(29-13-16(28)12-27)7-18(20(15)26)14-1-2-19(23-9-14)25-5-3-22-4-6-25/h1-2,7,9-11,16,22,27-28H,3-6,12-13H2/t16-/m0/s1. The van der Waals surface area contributed by atoms with Crippen LogP contribution in [0.4, 0.5) is 5.82 Å². The van der Waals surface area contributed by atoms with Crippen LogP contribution in [0.15, 0.2) is 36.8 Å². The van der Waals surface area contributed by atoms with Crippen molar-refractivity contribution in [1.29, 1.82) is 5.26 Å². The zero-order valence-electron chi connectivity index (χ0n) is 15.8. The van der Waals surface area contributed by atoms with E-state index in [0.29, 0.717) is 16.8 Å². The largest absolute Gasteiger partial charge is 0.489 e. The summed E-state index contributed by atoms with van der Waals surface area (Å²) in [7, 11) is 0. The summed E-state index contributed by atoms with van der Waals surface area (Å²) >= 11 is 0. The van der Waals surface area contributed by atoms with E-state index in [9.17, 15) is 10.4 Å². The lowest BCUT2D eigenvalue weighted by Gasteiger charge is -2.28. The van der Waals surface area contributed by atoms with Crippen LogP contribution < -0.4 is 15.0 Å². The smallest absolute Gasteiger partial charge is 0.138 e. The molecule has 0 aromatic carbocycles. The predicted molar refractivity (Wildman–Crippen MR) is 107 cm³/mol. The number of aliphatic hydroxyl groups is 2. The molecule has 1 aliphatic rings. The van der Waals surface area contributed by atoms with Crippen LogP contribution in [0.25, 0.3) is 16.6 Å². The molecule has 4 heterocycles. The highest BCUT2D eigenvalue weighted by molar-refractivity contribution is 5.85. The molecule has 0 amide bonds. The van der Waals surface area contributed by atoms with E-state index in [4.69, 9.17) is 9.84 Å². The summed E-state index contributed by atoms with van der Waals surface area (Å²) < 4.78 is 7.18. The molecule has 9 nitrogen and oxygen atoms in total. The Hall–Kier alpha value is -3.19. The minimum atomic E-state index is -0.971. The Labute approximate surface area is 167 Å². The van der Waals surface area contributed by atoms with E-state index in [1.165, 1.54) is 6.20 Å². The number of piperazine rings is 1. The van der Waals surface area contributed by atoms with Crippen molar-refractivity contribution < 1.29 is 14.9 Å². The second-order valence-corrected chi connectivity index (χ2v) is 6.84. The number of hydrogen-bond acceptors (Lipinski definition) is 8. The molecule has 9 heteroatoms. The number of nitrogens with zero attached hydrogens (tertiary/aromatic N) is 5. The predicted octanol–water partition coefficient (Wildman–Crippen LogP) is 0.410. The molecule has 0 unspecified atom stereocenters. The molecule has 1 atom stereocenters. The quantitative estimate of drug-likeness (QED) is 0.550. The number of nitrogens with one attached hydrogen (secondary N) is 1. The zero-order chi connectivity index (χ0) is 20.2. The summed E-state index contributed by atoms with van der Waals surface area (Å²) in [4.78, 5) is 6.84. The Morgan fingerprint density at radius 2 is 2.10 bits per heavy atom. The van der Waals surface area contributed by atoms with Gasteiger partial charge in [-0.25, -0.2) is 9.50 Å². The van der Waals surface area contributed by atoms with E-state index < -0.39 is 6.10 Å². The van der Waals surface area contributed by atoms with Gasteiger partial charge in [-0.2, -0.15) is 10.4 Å². The molecule has 4 rings (SSSR count). The van der Waals surface area contributed by atoms with Crippen LogP contribution in [0.5, 0.6) is 5.75 Å². The van der Waals surface area contributed by atoms with Crippen molar-refractivity contribution in [3.8, 4) is 22.9 Å². The summed E-state index contributed by atoms with van der Waals surface area (Å²) in [6.07, 6.45) is 3.97. The Morgan fingerprint density at radius 3 is 2.79 bits per heavy atom. The first-order chi connectivity index (χ1) is 14.2. The summed E-state index contributed by atoms with van der Waals surface area (Å²) in [5, 5.41) is 35.6. The molecule has 150 valence electrons. The van der Waals surface area contributed by atoms with Crippen LogP contribution in [0.3, 0.4) is 0 Å².